The van der Waals surface area contributed by atoms with E-state index in [2.05, 4.69) is 28.1 Å². The molecule has 1 aliphatic rings. The molecular formula is C12H22N4. The molecule has 1 aliphatic heterocycles. The first-order valence-electron chi connectivity index (χ1n) is 6.33. The zero-order valence-corrected chi connectivity index (χ0v) is 10.0. The van der Waals surface area contributed by atoms with Gasteiger partial charge in [-0.3, -0.25) is 5.10 Å². The van der Waals surface area contributed by atoms with Crippen LogP contribution in [0, 0.1) is 5.92 Å². The fourth-order valence-electron chi connectivity index (χ4n) is 2.84. The van der Waals surface area contributed by atoms with E-state index in [0.717, 1.165) is 25.3 Å². The summed E-state index contributed by atoms with van der Waals surface area (Å²) in [6.45, 7) is 4.17. The number of aromatic nitrogens is 2. The summed E-state index contributed by atoms with van der Waals surface area (Å²) in [4.78, 5) is 2.46. The highest BCUT2D eigenvalue weighted by molar-refractivity contribution is 5.38. The zero-order chi connectivity index (χ0) is 11.4. The maximum absolute atomic E-state index is 5.90. The molecule has 0 saturated carbocycles. The lowest BCUT2D eigenvalue weighted by atomic mass is 9.93. The van der Waals surface area contributed by atoms with Gasteiger partial charge < -0.3 is 10.6 Å². The summed E-state index contributed by atoms with van der Waals surface area (Å²) in [6, 6.07) is 2.62. The van der Waals surface area contributed by atoms with E-state index >= 15 is 0 Å². The molecule has 0 spiro atoms. The molecule has 1 aromatic rings. The fraction of sp³-hybridized carbons (Fsp3) is 0.750. The number of nitrogens with one attached hydrogen (secondary N) is 1. The lowest BCUT2D eigenvalue weighted by molar-refractivity contribution is 0.391. The predicted octanol–water partition coefficient (Wildman–Crippen LogP) is 1.75. The van der Waals surface area contributed by atoms with Crippen LogP contribution in [0.25, 0.3) is 0 Å². The Balaban J connectivity index is 2.19. The van der Waals surface area contributed by atoms with Crippen LogP contribution in [0.3, 0.4) is 0 Å². The van der Waals surface area contributed by atoms with Gasteiger partial charge in [0.05, 0.1) is 6.20 Å². The van der Waals surface area contributed by atoms with E-state index in [-0.39, 0.29) is 0 Å². The van der Waals surface area contributed by atoms with Crippen LogP contribution in [0.15, 0.2) is 12.3 Å². The minimum absolute atomic E-state index is 0.563. The highest BCUT2D eigenvalue weighted by atomic mass is 15.3. The van der Waals surface area contributed by atoms with Gasteiger partial charge >= 0.3 is 0 Å². The van der Waals surface area contributed by atoms with Gasteiger partial charge in [-0.15, -0.1) is 0 Å². The van der Waals surface area contributed by atoms with Gasteiger partial charge in [-0.05, 0) is 31.7 Å². The zero-order valence-electron chi connectivity index (χ0n) is 10.0. The van der Waals surface area contributed by atoms with Gasteiger partial charge in [-0.2, -0.15) is 5.10 Å². The molecule has 0 radical (unpaired) electrons. The van der Waals surface area contributed by atoms with Crippen LogP contribution in [0.4, 0.5) is 5.82 Å². The Morgan fingerprint density at radius 3 is 3.06 bits per heavy atom. The highest BCUT2D eigenvalue weighted by Crippen LogP contribution is 2.27. The molecule has 1 aromatic heterocycles. The Kier molecular flexibility index (Phi) is 3.83. The molecule has 2 atom stereocenters. The smallest absolute Gasteiger partial charge is 0.124 e. The van der Waals surface area contributed by atoms with Crippen LogP contribution in [-0.2, 0) is 0 Å². The van der Waals surface area contributed by atoms with E-state index in [1.165, 1.54) is 19.3 Å². The minimum Gasteiger partial charge on any atom is -0.354 e. The Hall–Kier alpha value is -1.03. The average molecular weight is 222 g/mol. The van der Waals surface area contributed by atoms with Crippen molar-refractivity contribution in [2.24, 2.45) is 11.7 Å². The maximum Gasteiger partial charge on any atom is 0.124 e. The topological polar surface area (TPSA) is 57.9 Å². The summed E-state index contributed by atoms with van der Waals surface area (Å²) in [5.74, 6) is 1.77. The Morgan fingerprint density at radius 2 is 2.44 bits per heavy atom. The average Bonchev–Trinajstić information content (AvgIpc) is 2.75. The summed E-state index contributed by atoms with van der Waals surface area (Å²) in [5.41, 5.74) is 5.90. The number of hydrogen-bond donors (Lipinski definition) is 2. The predicted molar refractivity (Wildman–Crippen MR) is 66.4 cm³/mol. The van der Waals surface area contributed by atoms with Gasteiger partial charge in [0.25, 0.3) is 0 Å². The van der Waals surface area contributed by atoms with E-state index in [1.807, 2.05) is 6.20 Å². The summed E-state index contributed by atoms with van der Waals surface area (Å²) in [6.07, 6.45) is 6.79. The lowest BCUT2D eigenvalue weighted by Crippen LogP contribution is -2.42. The normalized spacial score (nSPS) is 26.8. The van der Waals surface area contributed by atoms with E-state index in [1.54, 1.807) is 0 Å². The lowest BCUT2D eigenvalue weighted by Gasteiger charge is -2.34. The molecule has 0 bridgehead atoms. The molecule has 4 nitrogen and oxygen atoms in total. The van der Waals surface area contributed by atoms with Crippen molar-refractivity contribution in [1.82, 2.24) is 10.2 Å². The third-order valence-electron chi connectivity index (χ3n) is 3.68. The second-order valence-corrected chi connectivity index (χ2v) is 4.60. The van der Waals surface area contributed by atoms with Crippen molar-refractivity contribution in [3.8, 4) is 0 Å². The van der Waals surface area contributed by atoms with Gasteiger partial charge in [0.2, 0.25) is 0 Å². The van der Waals surface area contributed by atoms with Crippen LogP contribution < -0.4 is 10.6 Å². The molecule has 3 N–H and O–H groups in total. The molecule has 90 valence electrons. The fourth-order valence-corrected chi connectivity index (χ4v) is 2.84. The largest absolute Gasteiger partial charge is 0.354 e. The molecule has 0 unspecified atom stereocenters. The summed E-state index contributed by atoms with van der Waals surface area (Å²) in [5, 5.41) is 7.13. The number of anilines is 1. The maximum atomic E-state index is 5.90. The van der Waals surface area contributed by atoms with Gasteiger partial charge in [-0.25, -0.2) is 0 Å². The van der Waals surface area contributed by atoms with Crippen LogP contribution in [-0.4, -0.2) is 29.3 Å². The van der Waals surface area contributed by atoms with Crippen molar-refractivity contribution >= 4 is 5.82 Å². The highest BCUT2D eigenvalue weighted by Gasteiger charge is 2.28. The van der Waals surface area contributed by atoms with Crippen LogP contribution in [0.1, 0.15) is 32.6 Å². The molecule has 0 aromatic carbocycles. The van der Waals surface area contributed by atoms with E-state index in [4.69, 9.17) is 5.73 Å². The number of rotatable bonds is 3. The SMILES string of the molecule is CC[C@@H]1[C@@H](CN)CCCCN1c1ccn[nH]1. The van der Waals surface area contributed by atoms with Crippen molar-refractivity contribution < 1.29 is 0 Å². The molecule has 0 amide bonds. The summed E-state index contributed by atoms with van der Waals surface area (Å²) < 4.78 is 0. The molecule has 0 aliphatic carbocycles. The Bertz CT molecular complexity index is 296. The van der Waals surface area contributed by atoms with E-state index < -0.39 is 0 Å². The molecule has 16 heavy (non-hydrogen) atoms. The summed E-state index contributed by atoms with van der Waals surface area (Å²) in [7, 11) is 0. The van der Waals surface area contributed by atoms with Crippen LogP contribution >= 0.6 is 0 Å². The van der Waals surface area contributed by atoms with E-state index in [9.17, 15) is 0 Å². The van der Waals surface area contributed by atoms with E-state index in [0.29, 0.717) is 12.0 Å². The first kappa shape index (κ1) is 11.5. The van der Waals surface area contributed by atoms with Crippen molar-refractivity contribution in [2.45, 2.75) is 38.6 Å². The second-order valence-electron chi connectivity index (χ2n) is 4.60. The van der Waals surface area contributed by atoms with Crippen LogP contribution in [0.2, 0.25) is 0 Å². The Labute approximate surface area is 97.2 Å². The first-order chi connectivity index (χ1) is 7.86. The second kappa shape index (κ2) is 5.34. The monoisotopic (exact) mass is 222 g/mol. The number of hydrogen-bond acceptors (Lipinski definition) is 3. The molecule has 1 saturated heterocycles. The number of aromatic amines is 1. The summed E-state index contributed by atoms with van der Waals surface area (Å²) >= 11 is 0. The molecule has 2 heterocycles. The first-order valence-corrected chi connectivity index (χ1v) is 6.33. The van der Waals surface area contributed by atoms with Crippen molar-refractivity contribution in [2.75, 3.05) is 18.0 Å². The molecule has 2 rings (SSSR count). The molecular weight excluding hydrogens is 200 g/mol. The standard InChI is InChI=1S/C12H22N4/c1-2-11-10(9-13)5-3-4-8-16(11)12-6-7-14-15-12/h6-7,10-11H,2-5,8-9,13H2,1H3,(H,14,15)/t10-,11-/m1/s1. The molecule has 4 heteroatoms. The van der Waals surface area contributed by atoms with Crippen molar-refractivity contribution in [1.29, 1.82) is 0 Å². The third kappa shape index (κ3) is 2.21. The Morgan fingerprint density at radius 1 is 1.56 bits per heavy atom. The van der Waals surface area contributed by atoms with Gasteiger partial charge in [-0.1, -0.05) is 13.3 Å². The minimum atomic E-state index is 0.563. The number of nitrogens with two attached hydrogens (primary N) is 1. The third-order valence-corrected chi connectivity index (χ3v) is 3.68. The quantitative estimate of drug-likeness (QED) is 0.819. The van der Waals surface area contributed by atoms with Gasteiger partial charge in [0, 0.05) is 18.7 Å². The van der Waals surface area contributed by atoms with Crippen molar-refractivity contribution in [3.05, 3.63) is 12.3 Å². The molecule has 1 fully saturated rings. The van der Waals surface area contributed by atoms with Crippen LogP contribution in [0.5, 0.6) is 0 Å². The van der Waals surface area contributed by atoms with Crippen molar-refractivity contribution in [3.63, 3.8) is 0 Å². The number of nitrogens with zero attached hydrogens (tertiary/aromatic N) is 2. The van der Waals surface area contributed by atoms with Gasteiger partial charge in [0.15, 0.2) is 0 Å². The number of H-pyrrole nitrogens is 1. The van der Waals surface area contributed by atoms with Gasteiger partial charge in [0.1, 0.15) is 5.82 Å².